The molecular formula is C13H21NO4. The van der Waals surface area contributed by atoms with Gasteiger partial charge in [0.2, 0.25) is 0 Å². The number of fused-ring (bicyclic) bond motifs is 2. The Bertz CT molecular complexity index is 374. The van der Waals surface area contributed by atoms with Gasteiger partial charge in [-0.05, 0) is 58.3 Å². The highest BCUT2D eigenvalue weighted by molar-refractivity contribution is 5.85. The van der Waals surface area contributed by atoms with E-state index in [-0.39, 0.29) is 5.92 Å². The van der Waals surface area contributed by atoms with E-state index in [9.17, 15) is 14.7 Å². The van der Waals surface area contributed by atoms with Crippen LogP contribution in [0.15, 0.2) is 0 Å². The summed E-state index contributed by atoms with van der Waals surface area (Å²) in [6.45, 7) is 5.29. The van der Waals surface area contributed by atoms with Crippen LogP contribution in [0.3, 0.4) is 0 Å². The lowest BCUT2D eigenvalue weighted by atomic mass is 9.81. The van der Waals surface area contributed by atoms with Gasteiger partial charge in [-0.2, -0.15) is 0 Å². The van der Waals surface area contributed by atoms with Gasteiger partial charge in [-0.1, -0.05) is 0 Å². The second-order valence-electron chi connectivity index (χ2n) is 6.48. The second kappa shape index (κ2) is 4.14. The summed E-state index contributed by atoms with van der Waals surface area (Å²) in [5.74, 6) is -0.450. The summed E-state index contributed by atoms with van der Waals surface area (Å²) in [6.07, 6.45) is 2.77. The molecule has 1 amide bonds. The number of carboxylic acids is 1. The first-order valence-electron chi connectivity index (χ1n) is 6.47. The molecule has 5 nitrogen and oxygen atoms in total. The van der Waals surface area contributed by atoms with Crippen LogP contribution in [0.2, 0.25) is 0 Å². The van der Waals surface area contributed by atoms with Crippen molar-refractivity contribution in [2.75, 3.05) is 0 Å². The Kier molecular flexibility index (Phi) is 3.03. The first-order chi connectivity index (χ1) is 8.23. The largest absolute Gasteiger partial charge is 0.479 e. The Morgan fingerprint density at radius 2 is 2.00 bits per heavy atom. The van der Waals surface area contributed by atoms with Crippen molar-refractivity contribution < 1.29 is 19.4 Å². The summed E-state index contributed by atoms with van der Waals surface area (Å²) in [7, 11) is 0. The number of rotatable bonds is 2. The fourth-order valence-electron chi connectivity index (χ4n) is 3.28. The molecule has 2 aliphatic carbocycles. The molecule has 0 aromatic carbocycles. The zero-order valence-corrected chi connectivity index (χ0v) is 11.2. The highest BCUT2D eigenvalue weighted by Gasteiger charge is 2.57. The van der Waals surface area contributed by atoms with E-state index in [0.717, 1.165) is 19.3 Å². The molecule has 2 aliphatic rings. The van der Waals surface area contributed by atoms with E-state index in [0.29, 0.717) is 12.3 Å². The van der Waals surface area contributed by atoms with E-state index in [1.54, 1.807) is 20.8 Å². The summed E-state index contributed by atoms with van der Waals surface area (Å²) in [4.78, 5) is 23.3. The monoisotopic (exact) mass is 255 g/mol. The molecule has 0 aromatic rings. The molecule has 2 N–H and O–H groups in total. The molecule has 2 fully saturated rings. The van der Waals surface area contributed by atoms with Crippen LogP contribution in [0.4, 0.5) is 4.79 Å². The quantitative estimate of drug-likeness (QED) is 0.792. The van der Waals surface area contributed by atoms with E-state index in [4.69, 9.17) is 4.74 Å². The van der Waals surface area contributed by atoms with Crippen LogP contribution in [0.25, 0.3) is 0 Å². The first kappa shape index (κ1) is 13.2. The maximum absolute atomic E-state index is 11.8. The highest BCUT2D eigenvalue weighted by atomic mass is 16.6. The van der Waals surface area contributed by atoms with Gasteiger partial charge in [-0.15, -0.1) is 0 Å². The van der Waals surface area contributed by atoms with Crippen LogP contribution in [-0.2, 0) is 9.53 Å². The van der Waals surface area contributed by atoms with Crippen LogP contribution in [0.1, 0.15) is 46.5 Å². The van der Waals surface area contributed by atoms with Crippen molar-refractivity contribution in [3.05, 3.63) is 0 Å². The van der Waals surface area contributed by atoms with E-state index >= 15 is 0 Å². The highest BCUT2D eigenvalue weighted by Crippen LogP contribution is 2.50. The number of carboxylic acid groups (broad SMARTS) is 1. The maximum atomic E-state index is 11.8. The number of ether oxygens (including phenoxy) is 1. The first-order valence-corrected chi connectivity index (χ1v) is 6.47. The third-order valence-electron chi connectivity index (χ3n) is 3.95. The van der Waals surface area contributed by atoms with Gasteiger partial charge in [-0.25, -0.2) is 9.59 Å². The van der Waals surface area contributed by atoms with Crippen molar-refractivity contribution in [3.63, 3.8) is 0 Å². The topological polar surface area (TPSA) is 75.6 Å². The number of carbonyl (C=O) groups excluding carboxylic acids is 1. The number of carbonyl (C=O) groups is 2. The minimum atomic E-state index is -1.11. The van der Waals surface area contributed by atoms with Crippen molar-refractivity contribution in [2.45, 2.75) is 57.6 Å². The van der Waals surface area contributed by atoms with Crippen molar-refractivity contribution in [1.29, 1.82) is 0 Å². The van der Waals surface area contributed by atoms with Crippen molar-refractivity contribution in [1.82, 2.24) is 5.32 Å². The smallest absolute Gasteiger partial charge is 0.408 e. The Hall–Kier alpha value is -1.26. The summed E-state index contributed by atoms with van der Waals surface area (Å²) in [5.41, 5.74) is -1.72. The number of alkyl carbamates (subject to hydrolysis) is 1. The predicted octanol–water partition coefficient (Wildman–Crippen LogP) is 2.15. The van der Waals surface area contributed by atoms with Gasteiger partial charge >= 0.3 is 12.1 Å². The van der Waals surface area contributed by atoms with Crippen molar-refractivity contribution in [3.8, 4) is 0 Å². The normalized spacial score (nSPS) is 34.4. The summed E-state index contributed by atoms with van der Waals surface area (Å²) in [5, 5.41) is 12.1. The Labute approximate surface area is 107 Å². The molecule has 0 heterocycles. The Morgan fingerprint density at radius 3 is 2.39 bits per heavy atom. The van der Waals surface area contributed by atoms with E-state index in [1.165, 1.54) is 0 Å². The standard InChI is InChI=1S/C13H21NO4/c1-12(2,3)18-11(17)14-13(10(15)16)7-8-4-5-9(13)6-8/h8-9H,4-7H2,1-3H3,(H,14,17)(H,15,16)/t8-,9+,13-/m1/s1. The molecule has 2 rings (SSSR count). The number of hydrogen-bond acceptors (Lipinski definition) is 3. The SMILES string of the molecule is CC(C)(C)OC(=O)N[C@]1(C(=O)O)C[C@@H]2CC[C@H]1C2. The van der Waals surface area contributed by atoms with Gasteiger partial charge in [0.25, 0.3) is 0 Å². The lowest BCUT2D eigenvalue weighted by Gasteiger charge is -2.35. The Balaban J connectivity index is 2.09. The molecule has 2 bridgehead atoms. The van der Waals surface area contributed by atoms with Gasteiger partial charge in [0.15, 0.2) is 0 Å². The third kappa shape index (κ3) is 2.31. The second-order valence-corrected chi connectivity index (χ2v) is 6.48. The van der Waals surface area contributed by atoms with Crippen LogP contribution in [0.5, 0.6) is 0 Å². The lowest BCUT2D eigenvalue weighted by molar-refractivity contribution is -0.147. The van der Waals surface area contributed by atoms with Crippen molar-refractivity contribution in [2.24, 2.45) is 11.8 Å². The minimum Gasteiger partial charge on any atom is -0.479 e. The fraction of sp³-hybridized carbons (Fsp3) is 0.846. The number of hydrogen-bond donors (Lipinski definition) is 2. The van der Waals surface area contributed by atoms with Crippen LogP contribution in [-0.4, -0.2) is 28.3 Å². The number of nitrogens with one attached hydrogen (secondary N) is 1. The van der Waals surface area contributed by atoms with Crippen LogP contribution >= 0.6 is 0 Å². The average Bonchev–Trinajstić information content (AvgIpc) is 2.73. The molecular weight excluding hydrogens is 234 g/mol. The summed E-state index contributed by atoms with van der Waals surface area (Å²) < 4.78 is 5.17. The molecule has 0 radical (unpaired) electrons. The lowest BCUT2D eigenvalue weighted by Crippen LogP contribution is -2.58. The van der Waals surface area contributed by atoms with Gasteiger partial charge in [0.05, 0.1) is 0 Å². The van der Waals surface area contributed by atoms with Crippen molar-refractivity contribution >= 4 is 12.1 Å². The maximum Gasteiger partial charge on any atom is 0.408 e. The van der Waals surface area contributed by atoms with Crippen LogP contribution in [0, 0.1) is 11.8 Å². The number of aliphatic carboxylic acids is 1. The molecule has 0 aliphatic heterocycles. The molecule has 0 saturated heterocycles. The molecule has 102 valence electrons. The van der Waals surface area contributed by atoms with Gasteiger partial charge in [-0.3, -0.25) is 0 Å². The van der Waals surface area contributed by atoms with E-state index in [1.807, 2.05) is 0 Å². The molecule has 0 aromatic heterocycles. The summed E-state index contributed by atoms with van der Waals surface area (Å²) >= 11 is 0. The third-order valence-corrected chi connectivity index (χ3v) is 3.95. The Morgan fingerprint density at radius 1 is 1.33 bits per heavy atom. The van der Waals surface area contributed by atoms with E-state index < -0.39 is 23.2 Å². The summed E-state index contributed by atoms with van der Waals surface area (Å²) in [6, 6.07) is 0. The predicted molar refractivity (Wildman–Crippen MR) is 65.2 cm³/mol. The minimum absolute atomic E-state index is 0.0486. The molecule has 0 unspecified atom stereocenters. The molecule has 2 saturated carbocycles. The average molecular weight is 255 g/mol. The molecule has 0 spiro atoms. The molecule has 5 heteroatoms. The van der Waals surface area contributed by atoms with Crippen LogP contribution < -0.4 is 5.32 Å². The van der Waals surface area contributed by atoms with Gasteiger partial charge in [0, 0.05) is 0 Å². The fourth-order valence-corrected chi connectivity index (χ4v) is 3.28. The molecule has 3 atom stereocenters. The number of amides is 1. The van der Waals surface area contributed by atoms with Gasteiger partial charge in [0.1, 0.15) is 11.1 Å². The zero-order valence-electron chi connectivity index (χ0n) is 11.2. The van der Waals surface area contributed by atoms with Gasteiger partial charge < -0.3 is 15.2 Å². The zero-order chi connectivity index (χ0) is 13.6. The van der Waals surface area contributed by atoms with E-state index in [2.05, 4.69) is 5.32 Å². The molecule has 18 heavy (non-hydrogen) atoms.